The maximum absolute atomic E-state index is 13.0. The molecule has 0 aromatic heterocycles. The van der Waals surface area contributed by atoms with Crippen LogP contribution in [0.25, 0.3) is 0 Å². The lowest BCUT2D eigenvalue weighted by molar-refractivity contribution is -0.137. The van der Waals surface area contributed by atoms with Crippen molar-refractivity contribution in [2.24, 2.45) is 0 Å². The van der Waals surface area contributed by atoms with Crippen molar-refractivity contribution in [3.8, 4) is 0 Å². The molecule has 0 heterocycles. The summed E-state index contributed by atoms with van der Waals surface area (Å²) in [6, 6.07) is 7.24. The summed E-state index contributed by atoms with van der Waals surface area (Å²) >= 11 is 6.00. The fourth-order valence-corrected chi connectivity index (χ4v) is 3.89. The summed E-state index contributed by atoms with van der Waals surface area (Å²) in [4.78, 5) is 12.6. The molecule has 5 nitrogen and oxygen atoms in total. The van der Waals surface area contributed by atoms with Gasteiger partial charge in [0.25, 0.3) is 0 Å². The highest BCUT2D eigenvalue weighted by molar-refractivity contribution is 7.92. The molecule has 152 valence electrons. The summed E-state index contributed by atoms with van der Waals surface area (Å²) in [7, 11) is -4.05. The smallest absolute Gasteiger partial charge is 0.324 e. The van der Waals surface area contributed by atoms with Gasteiger partial charge in [-0.3, -0.25) is 9.10 Å². The van der Waals surface area contributed by atoms with Crippen LogP contribution in [0.4, 0.5) is 24.5 Å². The third kappa shape index (κ3) is 5.17. The molecule has 2 aromatic carbocycles. The predicted octanol–water partition coefficient (Wildman–Crippen LogP) is 4.46. The average molecular weight is 435 g/mol. The van der Waals surface area contributed by atoms with E-state index in [4.69, 9.17) is 11.6 Å². The minimum Gasteiger partial charge on any atom is -0.324 e. The van der Waals surface area contributed by atoms with Crippen LogP contribution in [0.15, 0.2) is 42.5 Å². The van der Waals surface area contributed by atoms with Gasteiger partial charge in [0.05, 0.1) is 17.5 Å². The zero-order chi connectivity index (χ0) is 21.3. The van der Waals surface area contributed by atoms with Crippen molar-refractivity contribution in [1.82, 2.24) is 0 Å². The molecule has 1 N–H and O–H groups in total. The van der Waals surface area contributed by atoms with Gasteiger partial charge in [0.1, 0.15) is 6.04 Å². The van der Waals surface area contributed by atoms with Gasteiger partial charge >= 0.3 is 6.18 Å². The first-order valence-electron chi connectivity index (χ1n) is 8.04. The second kappa shape index (κ2) is 8.00. The topological polar surface area (TPSA) is 66.5 Å². The van der Waals surface area contributed by atoms with Gasteiger partial charge in [0, 0.05) is 10.7 Å². The Morgan fingerprint density at radius 3 is 2.36 bits per heavy atom. The lowest BCUT2D eigenvalue weighted by Crippen LogP contribution is -2.45. The van der Waals surface area contributed by atoms with Crippen LogP contribution in [0.1, 0.15) is 18.1 Å². The van der Waals surface area contributed by atoms with Crippen LogP contribution < -0.4 is 9.62 Å². The molecule has 0 aliphatic rings. The Hall–Kier alpha value is -2.26. The maximum Gasteiger partial charge on any atom is 0.416 e. The van der Waals surface area contributed by atoms with Crippen LogP contribution in [0.2, 0.25) is 5.02 Å². The zero-order valence-electron chi connectivity index (χ0n) is 15.2. The van der Waals surface area contributed by atoms with Gasteiger partial charge in [-0.2, -0.15) is 13.2 Å². The van der Waals surface area contributed by atoms with Crippen molar-refractivity contribution in [2.45, 2.75) is 26.1 Å². The number of anilines is 2. The van der Waals surface area contributed by atoms with E-state index in [1.807, 2.05) is 0 Å². The van der Waals surface area contributed by atoms with Crippen molar-refractivity contribution in [1.29, 1.82) is 0 Å². The molecule has 0 saturated heterocycles. The van der Waals surface area contributed by atoms with E-state index >= 15 is 0 Å². The molecule has 2 rings (SSSR count). The van der Waals surface area contributed by atoms with Crippen molar-refractivity contribution in [3.63, 3.8) is 0 Å². The molecule has 0 radical (unpaired) electrons. The molecule has 0 bridgehead atoms. The second-order valence-electron chi connectivity index (χ2n) is 6.24. The van der Waals surface area contributed by atoms with Gasteiger partial charge < -0.3 is 5.32 Å². The van der Waals surface area contributed by atoms with Crippen molar-refractivity contribution in [3.05, 3.63) is 58.6 Å². The number of carbonyl (C=O) groups excluding carboxylic acids is 1. The van der Waals surface area contributed by atoms with Crippen LogP contribution in [0.5, 0.6) is 0 Å². The van der Waals surface area contributed by atoms with E-state index in [1.165, 1.54) is 19.1 Å². The highest BCUT2D eigenvalue weighted by atomic mass is 35.5. The number of amides is 1. The summed E-state index contributed by atoms with van der Waals surface area (Å²) < 4.78 is 64.1. The molecule has 1 atom stereocenters. The monoisotopic (exact) mass is 434 g/mol. The van der Waals surface area contributed by atoms with Gasteiger partial charge in [-0.05, 0) is 49.7 Å². The van der Waals surface area contributed by atoms with Crippen LogP contribution in [0.3, 0.4) is 0 Å². The quantitative estimate of drug-likeness (QED) is 0.755. The highest BCUT2D eigenvalue weighted by Crippen LogP contribution is 2.33. The van der Waals surface area contributed by atoms with Gasteiger partial charge in [-0.25, -0.2) is 8.42 Å². The fraction of sp³-hybridized carbons (Fsp3) is 0.278. The maximum atomic E-state index is 13.0. The zero-order valence-corrected chi connectivity index (χ0v) is 16.8. The molecule has 28 heavy (non-hydrogen) atoms. The molecule has 10 heteroatoms. The first-order valence-corrected chi connectivity index (χ1v) is 10.3. The minimum atomic E-state index is -4.65. The number of nitrogens with one attached hydrogen (secondary N) is 1. The molecule has 0 saturated carbocycles. The molecule has 0 aliphatic carbocycles. The van der Waals surface area contributed by atoms with Gasteiger partial charge in [-0.1, -0.05) is 23.7 Å². The van der Waals surface area contributed by atoms with E-state index in [1.54, 1.807) is 19.1 Å². The number of hydrogen-bond acceptors (Lipinski definition) is 3. The standard InChI is InChI=1S/C18H18ClF3N2O3S/c1-11-7-8-14(10-16(11)19)23-17(25)12(2)24(28(3,26)27)15-6-4-5-13(9-15)18(20,21)22/h4-10,12H,1-3H3,(H,23,25)/t12-/m1/s1. The Kier molecular flexibility index (Phi) is 6.30. The molecule has 0 aliphatic heterocycles. The second-order valence-corrected chi connectivity index (χ2v) is 8.50. The van der Waals surface area contributed by atoms with Gasteiger partial charge in [-0.15, -0.1) is 0 Å². The lowest BCUT2D eigenvalue weighted by Gasteiger charge is -2.28. The van der Waals surface area contributed by atoms with Crippen LogP contribution in [0, 0.1) is 6.92 Å². The number of hydrogen-bond donors (Lipinski definition) is 1. The van der Waals surface area contributed by atoms with E-state index in [2.05, 4.69) is 5.32 Å². The molecule has 0 fully saturated rings. The van der Waals surface area contributed by atoms with E-state index in [9.17, 15) is 26.4 Å². The van der Waals surface area contributed by atoms with Crippen LogP contribution >= 0.6 is 11.6 Å². The van der Waals surface area contributed by atoms with E-state index in [-0.39, 0.29) is 5.69 Å². The largest absolute Gasteiger partial charge is 0.416 e. The third-order valence-electron chi connectivity index (χ3n) is 3.96. The number of rotatable bonds is 5. The molecule has 1 amide bonds. The van der Waals surface area contributed by atoms with E-state index < -0.39 is 33.7 Å². The molecular weight excluding hydrogens is 417 g/mol. The number of carbonyl (C=O) groups is 1. The summed E-state index contributed by atoms with van der Waals surface area (Å²) in [5, 5.41) is 2.93. The number of benzene rings is 2. The molecular formula is C18H18ClF3N2O3S. The van der Waals surface area contributed by atoms with Gasteiger partial charge in [0.2, 0.25) is 15.9 Å². The first-order chi connectivity index (χ1) is 12.8. The Morgan fingerprint density at radius 2 is 1.82 bits per heavy atom. The summed E-state index contributed by atoms with van der Waals surface area (Å²) in [6.45, 7) is 3.06. The van der Waals surface area contributed by atoms with Crippen LogP contribution in [-0.4, -0.2) is 26.6 Å². The Morgan fingerprint density at radius 1 is 1.18 bits per heavy atom. The Labute approximate surface area is 166 Å². The minimum absolute atomic E-state index is 0.262. The van der Waals surface area contributed by atoms with Crippen LogP contribution in [-0.2, 0) is 21.0 Å². The number of aryl methyl sites for hydroxylation is 1. The molecule has 0 unspecified atom stereocenters. The highest BCUT2D eigenvalue weighted by Gasteiger charge is 2.34. The van der Waals surface area contributed by atoms with Crippen molar-refractivity contribution < 1.29 is 26.4 Å². The predicted molar refractivity (Wildman–Crippen MR) is 103 cm³/mol. The number of alkyl halides is 3. The summed E-state index contributed by atoms with van der Waals surface area (Å²) in [6.07, 6.45) is -3.83. The van der Waals surface area contributed by atoms with E-state index in [0.29, 0.717) is 21.1 Å². The summed E-state index contributed by atoms with van der Waals surface area (Å²) in [5.74, 6) is -0.720. The average Bonchev–Trinajstić information content (AvgIpc) is 2.56. The Balaban J connectivity index is 2.38. The Bertz CT molecular complexity index is 994. The molecule has 0 spiro atoms. The van der Waals surface area contributed by atoms with Gasteiger partial charge in [0.15, 0.2) is 0 Å². The summed E-state index contributed by atoms with van der Waals surface area (Å²) in [5.41, 5.74) is -0.155. The first kappa shape index (κ1) is 22.0. The lowest BCUT2D eigenvalue weighted by atomic mass is 10.1. The normalized spacial score (nSPS) is 13.1. The molecule has 2 aromatic rings. The third-order valence-corrected chi connectivity index (χ3v) is 5.60. The fourth-order valence-electron chi connectivity index (χ4n) is 2.55. The number of halogens is 4. The SMILES string of the molecule is Cc1ccc(NC(=O)[C@@H](C)N(c2cccc(C(F)(F)F)c2)S(C)(=O)=O)cc1Cl. The number of sulfonamides is 1. The van der Waals surface area contributed by atoms with Crippen molar-refractivity contribution in [2.75, 3.05) is 15.9 Å². The number of nitrogens with zero attached hydrogens (tertiary/aromatic N) is 1. The van der Waals surface area contributed by atoms with E-state index in [0.717, 1.165) is 24.0 Å². The van der Waals surface area contributed by atoms with Crippen molar-refractivity contribution >= 4 is 38.9 Å².